The lowest BCUT2D eigenvalue weighted by Crippen LogP contribution is -2.15. The zero-order valence-electron chi connectivity index (χ0n) is 29.7. The highest BCUT2D eigenvalue weighted by atomic mass is 16.3. The third-order valence-electron chi connectivity index (χ3n) is 11.2. The average molecular weight is 693 g/mol. The topological polar surface area (TPSA) is 64.7 Å². The number of hydrogen-bond donors (Lipinski definition) is 0. The van der Waals surface area contributed by atoms with Gasteiger partial charge >= 0.3 is 0 Å². The Bertz CT molecular complexity index is 3160. The average Bonchev–Trinajstić information content (AvgIpc) is 3.71. The Hall–Kier alpha value is -6.98. The van der Waals surface area contributed by atoms with Crippen LogP contribution in [0.15, 0.2) is 162 Å². The van der Waals surface area contributed by atoms with Gasteiger partial charge in [-0.15, -0.1) is 0 Å². The van der Waals surface area contributed by atoms with Crippen LogP contribution in [0.2, 0.25) is 0 Å². The van der Waals surface area contributed by atoms with Crippen molar-refractivity contribution >= 4 is 43.6 Å². The van der Waals surface area contributed by atoms with Gasteiger partial charge in [-0.25, -0.2) is 15.0 Å². The molecule has 10 aromatic rings. The van der Waals surface area contributed by atoms with E-state index in [0.717, 1.165) is 71.4 Å². The van der Waals surface area contributed by atoms with Crippen LogP contribution in [0.5, 0.6) is 0 Å². The quantitative estimate of drug-likeness (QED) is 0.184. The van der Waals surface area contributed by atoms with Gasteiger partial charge in [-0.3, -0.25) is 4.98 Å². The first-order valence-corrected chi connectivity index (χ1v) is 18.3. The molecule has 0 atom stereocenters. The molecule has 254 valence electrons. The minimum atomic E-state index is -0.155. The van der Waals surface area contributed by atoms with Crippen LogP contribution in [-0.4, -0.2) is 19.9 Å². The normalized spacial score (nSPS) is 13.1. The molecule has 1 aliphatic carbocycles. The Kier molecular flexibility index (Phi) is 6.53. The highest BCUT2D eigenvalue weighted by Gasteiger charge is 2.35. The zero-order chi connectivity index (χ0) is 36.0. The molecule has 0 unspecified atom stereocenters. The van der Waals surface area contributed by atoms with E-state index in [-0.39, 0.29) is 5.41 Å². The second-order valence-electron chi connectivity index (χ2n) is 14.7. The highest BCUT2D eigenvalue weighted by Crippen LogP contribution is 2.49. The van der Waals surface area contributed by atoms with Crippen LogP contribution < -0.4 is 0 Å². The lowest BCUT2D eigenvalue weighted by Gasteiger charge is -2.21. The summed E-state index contributed by atoms with van der Waals surface area (Å²) >= 11 is 0. The molecule has 0 fully saturated rings. The summed E-state index contributed by atoms with van der Waals surface area (Å²) in [6.45, 7) is 4.60. The molecular formula is C49H32N4O. The second kappa shape index (κ2) is 11.5. The Morgan fingerprint density at radius 3 is 2.00 bits per heavy atom. The molecule has 0 aliphatic heterocycles. The smallest absolute Gasteiger partial charge is 0.164 e. The summed E-state index contributed by atoms with van der Waals surface area (Å²) in [4.78, 5) is 20.3. The van der Waals surface area contributed by atoms with Crippen LogP contribution in [0.3, 0.4) is 0 Å². The van der Waals surface area contributed by atoms with E-state index in [9.17, 15) is 0 Å². The van der Waals surface area contributed by atoms with Crippen molar-refractivity contribution in [3.63, 3.8) is 0 Å². The monoisotopic (exact) mass is 692 g/mol. The van der Waals surface area contributed by atoms with Crippen LogP contribution in [0, 0.1) is 0 Å². The van der Waals surface area contributed by atoms with E-state index >= 15 is 0 Å². The first kappa shape index (κ1) is 30.6. The van der Waals surface area contributed by atoms with E-state index in [1.807, 2.05) is 30.5 Å². The molecule has 0 saturated carbocycles. The SMILES string of the molecule is CC1(C)c2ccccc2-c2ccc(-c3nc(-c4ccc5c(c4)oc4ccccc45)nc(-c4cccc5ccc(-c6ccc7cccnc7c6)cc45)n3)cc21. The van der Waals surface area contributed by atoms with Gasteiger partial charge in [0.25, 0.3) is 0 Å². The molecule has 0 saturated heterocycles. The fraction of sp³-hybridized carbons (Fsp3) is 0.0612. The number of pyridine rings is 1. The molecule has 3 heterocycles. The van der Waals surface area contributed by atoms with Gasteiger partial charge in [-0.1, -0.05) is 123 Å². The predicted molar refractivity (Wildman–Crippen MR) is 219 cm³/mol. The Balaban J connectivity index is 1.11. The number of benzene rings is 7. The van der Waals surface area contributed by atoms with E-state index in [0.29, 0.717) is 17.5 Å². The number of fused-ring (bicyclic) bond motifs is 8. The van der Waals surface area contributed by atoms with Crippen molar-refractivity contribution in [2.45, 2.75) is 19.3 Å². The molecule has 0 amide bonds. The van der Waals surface area contributed by atoms with Crippen LogP contribution in [-0.2, 0) is 5.41 Å². The van der Waals surface area contributed by atoms with Crippen molar-refractivity contribution in [2.24, 2.45) is 0 Å². The molecule has 54 heavy (non-hydrogen) atoms. The van der Waals surface area contributed by atoms with Gasteiger partial charge in [0.1, 0.15) is 11.2 Å². The van der Waals surface area contributed by atoms with Crippen molar-refractivity contribution in [3.05, 3.63) is 169 Å². The molecule has 11 rings (SSSR count). The van der Waals surface area contributed by atoms with E-state index in [4.69, 9.17) is 19.4 Å². The van der Waals surface area contributed by atoms with Gasteiger partial charge in [0.2, 0.25) is 0 Å². The molecule has 5 nitrogen and oxygen atoms in total. The predicted octanol–water partition coefficient (Wildman–Crippen LogP) is 12.4. The second-order valence-corrected chi connectivity index (χ2v) is 14.7. The summed E-state index contributed by atoms with van der Waals surface area (Å²) < 4.78 is 6.31. The molecule has 0 spiro atoms. The van der Waals surface area contributed by atoms with Crippen LogP contribution in [0.4, 0.5) is 0 Å². The molecule has 0 radical (unpaired) electrons. The number of nitrogens with zero attached hydrogens (tertiary/aromatic N) is 4. The van der Waals surface area contributed by atoms with E-state index in [1.165, 1.54) is 22.3 Å². The summed E-state index contributed by atoms with van der Waals surface area (Å²) in [6, 6.07) is 53.2. The minimum absolute atomic E-state index is 0.155. The van der Waals surface area contributed by atoms with Crippen LogP contribution in [0.1, 0.15) is 25.0 Å². The van der Waals surface area contributed by atoms with Gasteiger partial charge in [-0.2, -0.15) is 0 Å². The molecule has 1 aliphatic rings. The van der Waals surface area contributed by atoms with Crippen LogP contribution in [0.25, 0.3) is 100 Å². The number of rotatable bonds is 4. The number of hydrogen-bond acceptors (Lipinski definition) is 5. The first-order chi connectivity index (χ1) is 26.5. The van der Waals surface area contributed by atoms with E-state index in [2.05, 4.69) is 146 Å². The summed E-state index contributed by atoms with van der Waals surface area (Å²) in [5.74, 6) is 1.84. The van der Waals surface area contributed by atoms with Gasteiger partial charge < -0.3 is 4.42 Å². The van der Waals surface area contributed by atoms with Crippen molar-refractivity contribution < 1.29 is 4.42 Å². The van der Waals surface area contributed by atoms with Gasteiger partial charge in [-0.05, 0) is 86.6 Å². The third-order valence-corrected chi connectivity index (χ3v) is 11.2. The summed E-state index contributed by atoms with van der Waals surface area (Å²) in [5.41, 5.74) is 12.6. The van der Waals surface area contributed by atoms with Crippen molar-refractivity contribution in [1.82, 2.24) is 19.9 Å². The summed E-state index contributed by atoms with van der Waals surface area (Å²) in [6.07, 6.45) is 1.84. The maximum atomic E-state index is 6.31. The lowest BCUT2D eigenvalue weighted by atomic mass is 9.82. The minimum Gasteiger partial charge on any atom is -0.456 e. The molecule has 7 aromatic carbocycles. The number of furan rings is 1. The Labute approximate surface area is 311 Å². The Morgan fingerprint density at radius 2 is 1.09 bits per heavy atom. The Morgan fingerprint density at radius 1 is 0.426 bits per heavy atom. The first-order valence-electron chi connectivity index (χ1n) is 18.3. The number of para-hydroxylation sites is 1. The maximum Gasteiger partial charge on any atom is 0.164 e. The third kappa shape index (κ3) is 4.72. The molecule has 0 bridgehead atoms. The van der Waals surface area contributed by atoms with Gasteiger partial charge in [0.05, 0.1) is 5.52 Å². The van der Waals surface area contributed by atoms with Crippen LogP contribution >= 0.6 is 0 Å². The highest BCUT2D eigenvalue weighted by molar-refractivity contribution is 6.06. The molecule has 5 heteroatoms. The fourth-order valence-corrected chi connectivity index (χ4v) is 8.36. The maximum absolute atomic E-state index is 6.31. The van der Waals surface area contributed by atoms with Crippen molar-refractivity contribution in [2.75, 3.05) is 0 Å². The molecular weight excluding hydrogens is 661 g/mol. The lowest BCUT2D eigenvalue weighted by molar-refractivity contribution is 0.660. The van der Waals surface area contributed by atoms with Crippen molar-refractivity contribution in [3.8, 4) is 56.4 Å². The van der Waals surface area contributed by atoms with Crippen molar-refractivity contribution in [1.29, 1.82) is 0 Å². The molecule has 0 N–H and O–H groups in total. The fourth-order valence-electron chi connectivity index (χ4n) is 8.36. The largest absolute Gasteiger partial charge is 0.456 e. The summed E-state index contributed by atoms with van der Waals surface area (Å²) in [7, 11) is 0. The standard InChI is InChI=1S/C49H32N4O/c1-49(2)41-14-5-3-11-35(41)36-22-20-33(26-42(36)49)46-51-47(34-21-23-38-37-12-4-6-15-44(37)54-45(38)28-34)53-48(52-46)39-13-7-9-29-16-18-31(25-40(29)39)32-19-17-30-10-8-24-50-43(30)27-32/h3-28H,1-2H3. The number of aromatic nitrogens is 4. The zero-order valence-corrected chi connectivity index (χ0v) is 29.7. The van der Waals surface area contributed by atoms with E-state index in [1.54, 1.807) is 0 Å². The van der Waals surface area contributed by atoms with Gasteiger partial charge in [0, 0.05) is 44.5 Å². The summed E-state index contributed by atoms with van der Waals surface area (Å²) in [5, 5.41) is 5.45. The molecule has 3 aromatic heterocycles. The van der Waals surface area contributed by atoms with Gasteiger partial charge in [0.15, 0.2) is 17.5 Å². The van der Waals surface area contributed by atoms with E-state index < -0.39 is 0 Å².